The average molecular weight is 425 g/mol. The molecule has 7 nitrogen and oxygen atoms in total. The van der Waals surface area contributed by atoms with Gasteiger partial charge in [0.25, 0.3) is 0 Å². The van der Waals surface area contributed by atoms with Crippen LogP contribution in [0.3, 0.4) is 0 Å². The Balaban J connectivity index is 1.67. The monoisotopic (exact) mass is 424 g/mol. The van der Waals surface area contributed by atoms with Crippen molar-refractivity contribution in [3.05, 3.63) is 42.0 Å². The summed E-state index contributed by atoms with van der Waals surface area (Å²) in [5.74, 6) is 1.18. The molecule has 1 aromatic heterocycles. The number of halogens is 1. The molecule has 0 aliphatic carbocycles. The van der Waals surface area contributed by atoms with Crippen LogP contribution in [0.4, 0.5) is 4.39 Å². The van der Waals surface area contributed by atoms with Crippen LogP contribution < -0.4 is 9.46 Å². The first-order valence-corrected chi connectivity index (χ1v) is 11.7. The molecule has 0 saturated carbocycles. The zero-order chi connectivity index (χ0) is 20.1. The van der Waals surface area contributed by atoms with Crippen molar-refractivity contribution in [2.24, 2.45) is 5.92 Å². The topological polar surface area (TPSA) is 97.0 Å². The number of hydrogen-bond acceptors (Lipinski definition) is 6. The van der Waals surface area contributed by atoms with Crippen molar-refractivity contribution in [2.45, 2.75) is 19.4 Å². The minimum Gasteiger partial charge on any atom is -0.490 e. The van der Waals surface area contributed by atoms with Gasteiger partial charge in [-0.3, -0.25) is 0 Å². The zero-order valence-corrected chi connectivity index (χ0v) is 17.0. The molecular formula is C18H21FN4O3S2. The highest BCUT2D eigenvalue weighted by molar-refractivity contribution is 7.99. The highest BCUT2D eigenvalue weighted by Gasteiger charge is 2.29. The summed E-state index contributed by atoms with van der Waals surface area (Å²) in [5.41, 5.74) is 0.865. The lowest BCUT2D eigenvalue weighted by Crippen LogP contribution is -2.46. The summed E-state index contributed by atoms with van der Waals surface area (Å²) in [4.78, 5) is 0. The molecule has 1 aromatic carbocycles. The normalized spacial score (nSPS) is 19.9. The van der Waals surface area contributed by atoms with Crippen LogP contribution in [0.5, 0.6) is 5.75 Å². The second-order valence-corrected chi connectivity index (χ2v) is 9.65. The number of rotatable bonds is 7. The van der Waals surface area contributed by atoms with E-state index >= 15 is 0 Å². The third kappa shape index (κ3) is 5.04. The number of ether oxygens (including phenoxy) is 1. The summed E-state index contributed by atoms with van der Waals surface area (Å²) in [6.07, 6.45) is 3.64. The molecule has 2 aromatic rings. The van der Waals surface area contributed by atoms with Gasteiger partial charge in [-0.1, -0.05) is 0 Å². The fraction of sp³-hybridized carbons (Fsp3) is 0.444. The summed E-state index contributed by atoms with van der Waals surface area (Å²) in [6, 6.07) is 6.22. The molecule has 0 bridgehead atoms. The Morgan fingerprint density at radius 2 is 2.32 bits per heavy atom. The van der Waals surface area contributed by atoms with Crippen molar-refractivity contribution in [1.82, 2.24) is 14.5 Å². The van der Waals surface area contributed by atoms with Crippen molar-refractivity contribution in [3.8, 4) is 17.5 Å². The fourth-order valence-corrected chi connectivity index (χ4v) is 5.05. The minimum absolute atomic E-state index is 0.0290. The Morgan fingerprint density at radius 3 is 3.00 bits per heavy atom. The molecule has 10 heteroatoms. The van der Waals surface area contributed by atoms with Crippen molar-refractivity contribution in [3.63, 3.8) is 0 Å². The lowest BCUT2D eigenvalue weighted by atomic mass is 10.0. The van der Waals surface area contributed by atoms with Crippen molar-refractivity contribution in [2.75, 3.05) is 23.9 Å². The number of benzene rings is 1. The van der Waals surface area contributed by atoms with Crippen LogP contribution in [0.2, 0.25) is 0 Å². The smallest absolute Gasteiger partial charge is 0.211 e. The number of sulfonamides is 1. The lowest BCUT2D eigenvalue weighted by molar-refractivity contribution is 0.221. The van der Waals surface area contributed by atoms with Crippen LogP contribution in [0.15, 0.2) is 30.6 Å². The van der Waals surface area contributed by atoms with Gasteiger partial charge in [-0.2, -0.15) is 22.1 Å². The molecule has 1 N–H and O–H groups in total. The fourth-order valence-electron chi connectivity index (χ4n) is 2.90. The van der Waals surface area contributed by atoms with E-state index in [2.05, 4.69) is 9.82 Å². The maximum Gasteiger partial charge on any atom is 0.211 e. The molecule has 0 unspecified atom stereocenters. The van der Waals surface area contributed by atoms with Crippen LogP contribution in [0.1, 0.15) is 18.9 Å². The van der Waals surface area contributed by atoms with Crippen LogP contribution in [-0.4, -0.2) is 48.1 Å². The Hall–Kier alpha value is -2.09. The molecule has 1 aliphatic heterocycles. The molecule has 2 heterocycles. The zero-order valence-electron chi connectivity index (χ0n) is 15.3. The van der Waals surface area contributed by atoms with Gasteiger partial charge in [0.2, 0.25) is 10.0 Å². The van der Waals surface area contributed by atoms with Gasteiger partial charge in [0.1, 0.15) is 6.07 Å². The Morgan fingerprint density at radius 1 is 1.50 bits per heavy atom. The van der Waals surface area contributed by atoms with Gasteiger partial charge in [-0.05, 0) is 31.2 Å². The molecule has 1 saturated heterocycles. The Bertz CT molecular complexity index is 971. The summed E-state index contributed by atoms with van der Waals surface area (Å²) in [6.45, 7) is 1.82. The van der Waals surface area contributed by atoms with E-state index in [-0.39, 0.29) is 30.1 Å². The summed E-state index contributed by atoms with van der Waals surface area (Å²) >= 11 is 1.74. The van der Waals surface area contributed by atoms with Gasteiger partial charge in [0.05, 0.1) is 29.8 Å². The molecular weight excluding hydrogens is 403 g/mol. The Labute approximate surface area is 167 Å². The predicted molar refractivity (Wildman–Crippen MR) is 106 cm³/mol. The third-order valence-electron chi connectivity index (χ3n) is 4.53. The second-order valence-electron chi connectivity index (χ2n) is 6.46. The summed E-state index contributed by atoms with van der Waals surface area (Å²) in [7, 11) is -3.30. The maximum atomic E-state index is 14.5. The molecule has 3 rings (SSSR count). The molecule has 0 spiro atoms. The second kappa shape index (κ2) is 8.94. The first-order valence-electron chi connectivity index (χ1n) is 8.87. The molecule has 0 amide bonds. The SMILES string of the molecule is CCS(=O)(=O)N[C@H]1CCSC[C@@H]1COc1ccc(-n2cc(C#N)cn2)cc1F. The van der Waals surface area contributed by atoms with Gasteiger partial charge >= 0.3 is 0 Å². The van der Waals surface area contributed by atoms with Gasteiger partial charge in [-0.15, -0.1) is 0 Å². The van der Waals surface area contributed by atoms with E-state index in [9.17, 15) is 12.8 Å². The van der Waals surface area contributed by atoms with E-state index in [4.69, 9.17) is 10.00 Å². The molecule has 28 heavy (non-hydrogen) atoms. The predicted octanol–water partition coefficient (Wildman–Crippen LogP) is 2.32. The largest absolute Gasteiger partial charge is 0.490 e. The van der Waals surface area contributed by atoms with Crippen molar-refractivity contribution >= 4 is 21.8 Å². The van der Waals surface area contributed by atoms with Gasteiger partial charge in [0, 0.05) is 30.0 Å². The average Bonchev–Trinajstić information content (AvgIpc) is 3.17. The lowest BCUT2D eigenvalue weighted by Gasteiger charge is -2.31. The summed E-state index contributed by atoms with van der Waals surface area (Å²) < 4.78 is 48.0. The van der Waals surface area contributed by atoms with E-state index < -0.39 is 15.8 Å². The number of aromatic nitrogens is 2. The number of thioether (sulfide) groups is 1. The van der Waals surface area contributed by atoms with Crippen LogP contribution in [-0.2, 0) is 10.0 Å². The maximum absolute atomic E-state index is 14.5. The number of nitriles is 1. The van der Waals surface area contributed by atoms with Gasteiger partial charge < -0.3 is 4.74 Å². The Kier molecular flexibility index (Phi) is 6.59. The van der Waals surface area contributed by atoms with E-state index in [1.807, 2.05) is 6.07 Å². The molecule has 2 atom stereocenters. The van der Waals surface area contributed by atoms with E-state index in [0.717, 1.165) is 17.9 Å². The first kappa shape index (κ1) is 20.6. The van der Waals surface area contributed by atoms with E-state index in [1.54, 1.807) is 24.8 Å². The highest BCUT2D eigenvalue weighted by Crippen LogP contribution is 2.26. The van der Waals surface area contributed by atoms with Crippen molar-refractivity contribution < 1.29 is 17.5 Å². The summed E-state index contributed by atoms with van der Waals surface area (Å²) in [5, 5.41) is 12.9. The minimum atomic E-state index is -3.30. The third-order valence-corrected chi connectivity index (χ3v) is 7.14. The molecule has 0 radical (unpaired) electrons. The molecule has 1 aliphatic rings. The van der Waals surface area contributed by atoms with Crippen LogP contribution in [0.25, 0.3) is 5.69 Å². The van der Waals surface area contributed by atoms with Crippen LogP contribution >= 0.6 is 11.8 Å². The molecule has 1 fully saturated rings. The van der Waals surface area contributed by atoms with Crippen molar-refractivity contribution in [1.29, 1.82) is 5.26 Å². The standard InChI is InChI=1S/C18H21FN4O3S2/c1-2-28(24,25)22-17-5-6-27-12-14(17)11-26-18-4-3-15(7-16(18)19)23-10-13(8-20)9-21-23/h3-4,7,9-10,14,17,22H,2,5-6,11-12H2,1H3/t14-,17-/m0/s1. The van der Waals surface area contributed by atoms with Gasteiger partial charge in [-0.25, -0.2) is 22.2 Å². The molecule has 150 valence electrons. The highest BCUT2D eigenvalue weighted by atomic mass is 32.2. The first-order chi connectivity index (χ1) is 13.4. The number of nitrogens with one attached hydrogen (secondary N) is 1. The number of hydrogen-bond donors (Lipinski definition) is 1. The van der Waals surface area contributed by atoms with Gasteiger partial charge in [0.15, 0.2) is 11.6 Å². The van der Waals surface area contributed by atoms with Crippen LogP contribution in [0, 0.1) is 23.1 Å². The van der Waals surface area contributed by atoms with E-state index in [1.165, 1.54) is 29.2 Å². The van der Waals surface area contributed by atoms with E-state index in [0.29, 0.717) is 11.3 Å². The number of nitrogens with zero attached hydrogens (tertiary/aromatic N) is 3. The quantitative estimate of drug-likeness (QED) is 0.733.